The highest BCUT2D eigenvalue weighted by molar-refractivity contribution is 5.13. The summed E-state index contributed by atoms with van der Waals surface area (Å²) in [5.41, 5.74) is 1.82. The van der Waals surface area contributed by atoms with Gasteiger partial charge in [-0.05, 0) is 26.0 Å². The first-order chi connectivity index (χ1) is 6.27. The van der Waals surface area contributed by atoms with Gasteiger partial charge >= 0.3 is 0 Å². The number of aliphatic hydroxyl groups excluding tert-OH is 1. The molecule has 2 unspecified atom stereocenters. The van der Waals surface area contributed by atoms with Crippen molar-refractivity contribution in [2.75, 3.05) is 6.54 Å². The van der Waals surface area contributed by atoms with Crippen LogP contribution in [0.15, 0.2) is 12.4 Å². The fourth-order valence-corrected chi connectivity index (χ4v) is 1.64. The van der Waals surface area contributed by atoms with Crippen LogP contribution < -0.4 is 5.32 Å². The molecule has 1 aliphatic heterocycles. The Bertz CT molecular complexity index is 303. The molecule has 1 saturated heterocycles. The van der Waals surface area contributed by atoms with Crippen LogP contribution >= 0.6 is 0 Å². The lowest BCUT2D eigenvalue weighted by molar-refractivity contribution is 0.158. The Balaban J connectivity index is 2.24. The molecule has 2 N–H and O–H groups in total. The van der Waals surface area contributed by atoms with Gasteiger partial charge in [-0.15, -0.1) is 0 Å². The summed E-state index contributed by atoms with van der Waals surface area (Å²) in [7, 11) is 0. The maximum Gasteiger partial charge on any atom is 0.115 e. The molecule has 0 aromatic carbocycles. The SMILES string of the molecule is Cc1cc(C2NCCC2O)ncn1. The van der Waals surface area contributed by atoms with Crippen molar-refractivity contribution in [1.29, 1.82) is 0 Å². The van der Waals surface area contributed by atoms with Crippen molar-refractivity contribution >= 4 is 0 Å². The van der Waals surface area contributed by atoms with E-state index in [2.05, 4.69) is 15.3 Å². The van der Waals surface area contributed by atoms with Gasteiger partial charge in [0, 0.05) is 5.69 Å². The highest BCUT2D eigenvalue weighted by Gasteiger charge is 2.27. The minimum absolute atomic E-state index is 0.0123. The van der Waals surface area contributed by atoms with E-state index in [1.54, 1.807) is 0 Å². The van der Waals surface area contributed by atoms with Gasteiger partial charge in [-0.2, -0.15) is 0 Å². The lowest BCUT2D eigenvalue weighted by atomic mass is 10.1. The molecule has 0 saturated carbocycles. The van der Waals surface area contributed by atoms with Crippen molar-refractivity contribution in [2.45, 2.75) is 25.5 Å². The molecule has 2 heterocycles. The van der Waals surface area contributed by atoms with Crippen LogP contribution in [0, 0.1) is 6.92 Å². The van der Waals surface area contributed by atoms with Crippen LogP contribution in [0.3, 0.4) is 0 Å². The van der Waals surface area contributed by atoms with Crippen LogP contribution in [0.5, 0.6) is 0 Å². The molecule has 1 aromatic heterocycles. The second kappa shape index (κ2) is 3.40. The molecule has 1 aromatic rings. The molecule has 0 radical (unpaired) electrons. The number of hydrogen-bond acceptors (Lipinski definition) is 4. The molecule has 0 aliphatic carbocycles. The predicted molar refractivity (Wildman–Crippen MR) is 48.1 cm³/mol. The number of nitrogens with zero attached hydrogens (tertiary/aromatic N) is 2. The lowest BCUT2D eigenvalue weighted by Crippen LogP contribution is -2.22. The summed E-state index contributed by atoms with van der Waals surface area (Å²) >= 11 is 0. The molecular formula is C9H13N3O. The van der Waals surface area contributed by atoms with E-state index in [-0.39, 0.29) is 12.1 Å². The highest BCUT2D eigenvalue weighted by Crippen LogP contribution is 2.21. The average molecular weight is 179 g/mol. The van der Waals surface area contributed by atoms with E-state index in [9.17, 15) is 5.11 Å². The zero-order valence-electron chi connectivity index (χ0n) is 7.57. The van der Waals surface area contributed by atoms with Crippen molar-refractivity contribution in [3.63, 3.8) is 0 Å². The van der Waals surface area contributed by atoms with Gasteiger partial charge in [0.15, 0.2) is 0 Å². The Morgan fingerprint density at radius 1 is 1.54 bits per heavy atom. The molecule has 1 aliphatic rings. The van der Waals surface area contributed by atoms with Crippen molar-refractivity contribution in [3.05, 3.63) is 23.8 Å². The van der Waals surface area contributed by atoms with Gasteiger partial charge in [0.05, 0.1) is 17.8 Å². The van der Waals surface area contributed by atoms with Crippen molar-refractivity contribution < 1.29 is 5.11 Å². The second-order valence-corrected chi connectivity index (χ2v) is 3.37. The predicted octanol–water partition coefficient (Wildman–Crippen LogP) is 0.180. The molecule has 13 heavy (non-hydrogen) atoms. The molecule has 0 amide bonds. The topological polar surface area (TPSA) is 58.0 Å². The van der Waals surface area contributed by atoms with E-state index in [0.29, 0.717) is 0 Å². The maximum absolute atomic E-state index is 9.61. The second-order valence-electron chi connectivity index (χ2n) is 3.37. The monoisotopic (exact) mass is 179 g/mol. The number of rotatable bonds is 1. The van der Waals surface area contributed by atoms with Gasteiger partial charge in [-0.25, -0.2) is 9.97 Å². The number of aromatic nitrogens is 2. The third-order valence-corrected chi connectivity index (χ3v) is 2.33. The first-order valence-electron chi connectivity index (χ1n) is 4.47. The summed E-state index contributed by atoms with van der Waals surface area (Å²) in [5.74, 6) is 0. The maximum atomic E-state index is 9.61. The van der Waals surface area contributed by atoms with Gasteiger partial charge in [-0.1, -0.05) is 0 Å². The summed E-state index contributed by atoms with van der Waals surface area (Å²) in [4.78, 5) is 8.15. The summed E-state index contributed by atoms with van der Waals surface area (Å²) < 4.78 is 0. The standard InChI is InChI=1S/C9H13N3O/c1-6-4-7(12-5-11-6)9-8(13)2-3-10-9/h4-5,8-10,13H,2-3H2,1H3. The normalized spacial score (nSPS) is 27.8. The quantitative estimate of drug-likeness (QED) is 0.645. The molecule has 70 valence electrons. The molecule has 4 nitrogen and oxygen atoms in total. The number of aryl methyl sites for hydroxylation is 1. The minimum Gasteiger partial charge on any atom is -0.391 e. The van der Waals surface area contributed by atoms with Crippen molar-refractivity contribution in [2.24, 2.45) is 0 Å². The molecule has 2 rings (SSSR count). The zero-order valence-corrected chi connectivity index (χ0v) is 7.57. The Hall–Kier alpha value is -1.00. The van der Waals surface area contributed by atoms with Gasteiger partial charge < -0.3 is 10.4 Å². The van der Waals surface area contributed by atoms with Crippen LogP contribution in [0.25, 0.3) is 0 Å². The van der Waals surface area contributed by atoms with E-state index in [1.165, 1.54) is 6.33 Å². The average Bonchev–Trinajstić information content (AvgIpc) is 2.51. The van der Waals surface area contributed by atoms with E-state index < -0.39 is 0 Å². The molecule has 1 fully saturated rings. The van der Waals surface area contributed by atoms with Crippen LogP contribution in [-0.2, 0) is 0 Å². The number of aliphatic hydroxyl groups is 1. The molecule has 0 spiro atoms. The van der Waals surface area contributed by atoms with Crippen molar-refractivity contribution in [3.8, 4) is 0 Å². The number of hydrogen-bond donors (Lipinski definition) is 2. The summed E-state index contributed by atoms with van der Waals surface area (Å²) in [5, 5.41) is 12.8. The van der Waals surface area contributed by atoms with Gasteiger partial charge in [0.2, 0.25) is 0 Å². The first kappa shape index (κ1) is 8.59. The molecule has 2 atom stereocenters. The van der Waals surface area contributed by atoms with Gasteiger partial charge in [0.1, 0.15) is 6.33 Å². The first-order valence-corrected chi connectivity index (χ1v) is 4.47. The van der Waals surface area contributed by atoms with E-state index in [0.717, 1.165) is 24.4 Å². The van der Waals surface area contributed by atoms with E-state index in [1.807, 2.05) is 13.0 Å². The Morgan fingerprint density at radius 3 is 3.00 bits per heavy atom. The molecule has 0 bridgehead atoms. The largest absolute Gasteiger partial charge is 0.391 e. The van der Waals surface area contributed by atoms with Crippen LogP contribution in [0.2, 0.25) is 0 Å². The summed E-state index contributed by atoms with van der Waals surface area (Å²) in [6.07, 6.45) is 2.03. The fourth-order valence-electron chi connectivity index (χ4n) is 1.64. The zero-order chi connectivity index (χ0) is 9.26. The van der Waals surface area contributed by atoms with Crippen molar-refractivity contribution in [1.82, 2.24) is 15.3 Å². The van der Waals surface area contributed by atoms with E-state index >= 15 is 0 Å². The summed E-state index contributed by atoms with van der Waals surface area (Å²) in [6, 6.07) is 1.90. The Morgan fingerprint density at radius 2 is 2.38 bits per heavy atom. The molecule has 4 heteroatoms. The lowest BCUT2D eigenvalue weighted by Gasteiger charge is -2.13. The fraction of sp³-hybridized carbons (Fsp3) is 0.556. The third kappa shape index (κ3) is 1.68. The van der Waals surface area contributed by atoms with Gasteiger partial charge in [0.25, 0.3) is 0 Å². The summed E-state index contributed by atoms with van der Waals surface area (Å²) in [6.45, 7) is 2.78. The Kier molecular flexibility index (Phi) is 2.24. The Labute approximate surface area is 77.0 Å². The smallest absolute Gasteiger partial charge is 0.115 e. The highest BCUT2D eigenvalue weighted by atomic mass is 16.3. The van der Waals surface area contributed by atoms with E-state index in [4.69, 9.17) is 0 Å². The van der Waals surface area contributed by atoms with Gasteiger partial charge in [-0.3, -0.25) is 0 Å². The third-order valence-electron chi connectivity index (χ3n) is 2.33. The molecular weight excluding hydrogens is 166 g/mol. The minimum atomic E-state index is -0.311. The number of nitrogens with one attached hydrogen (secondary N) is 1. The van der Waals surface area contributed by atoms with Crippen LogP contribution in [-0.4, -0.2) is 27.7 Å². The van der Waals surface area contributed by atoms with Crippen LogP contribution in [0.4, 0.5) is 0 Å². The van der Waals surface area contributed by atoms with Crippen LogP contribution in [0.1, 0.15) is 23.9 Å².